The van der Waals surface area contributed by atoms with Gasteiger partial charge in [0.25, 0.3) is 0 Å². The van der Waals surface area contributed by atoms with E-state index in [0.717, 1.165) is 30.0 Å². The number of hydrogen-bond donors (Lipinski definition) is 3. The highest BCUT2D eigenvalue weighted by Gasteiger charge is 2.30. The van der Waals surface area contributed by atoms with Crippen LogP contribution in [0, 0.1) is 10.8 Å². The zero-order valence-corrected chi connectivity index (χ0v) is 20.7. The van der Waals surface area contributed by atoms with Crippen molar-refractivity contribution in [2.75, 3.05) is 10.8 Å². The molecule has 0 bridgehead atoms. The first-order valence-corrected chi connectivity index (χ1v) is 12.1. The summed E-state index contributed by atoms with van der Waals surface area (Å²) in [6.45, 7) is 2.15. The third-order valence-electron chi connectivity index (χ3n) is 5.09. The zero-order chi connectivity index (χ0) is 26.8. The van der Waals surface area contributed by atoms with Crippen LogP contribution >= 0.6 is 11.8 Å². The van der Waals surface area contributed by atoms with E-state index >= 15 is 0 Å². The molecule has 192 valence electrons. The van der Waals surface area contributed by atoms with Gasteiger partial charge in [0.15, 0.2) is 5.17 Å². The Morgan fingerprint density at radius 1 is 1.08 bits per heavy atom. The van der Waals surface area contributed by atoms with Crippen LogP contribution in [0.15, 0.2) is 82.8 Å². The minimum absolute atomic E-state index is 0.229. The van der Waals surface area contributed by atoms with Gasteiger partial charge in [-0.3, -0.25) is 5.41 Å². The normalized spacial score (nSPS) is 13.6. The van der Waals surface area contributed by atoms with Gasteiger partial charge in [0.05, 0.1) is 11.6 Å². The molecule has 1 aliphatic rings. The number of para-hydroxylation sites is 1. The van der Waals surface area contributed by atoms with Gasteiger partial charge >= 0.3 is 6.36 Å². The highest BCUT2D eigenvalue weighted by Crippen LogP contribution is 2.31. The molecular weight excluding hydrogens is 501 g/mol. The fourth-order valence-corrected chi connectivity index (χ4v) is 3.79. The topological polar surface area (TPSA) is 111 Å². The summed E-state index contributed by atoms with van der Waals surface area (Å²) in [6.07, 6.45) is -1.27. The van der Waals surface area contributed by atoms with E-state index in [0.29, 0.717) is 16.4 Å². The number of benzene rings is 3. The molecule has 11 heteroatoms. The number of alkyl halides is 3. The van der Waals surface area contributed by atoms with Gasteiger partial charge in [-0.25, -0.2) is 9.98 Å². The number of rotatable bonds is 7. The Balaban J connectivity index is 0.000000244. The largest absolute Gasteiger partial charge is 0.573 e. The van der Waals surface area contributed by atoms with E-state index in [-0.39, 0.29) is 11.6 Å². The molecule has 1 saturated heterocycles. The Labute approximate surface area is 216 Å². The third kappa shape index (κ3) is 8.21. The number of nitrogens with two attached hydrogens (primary N) is 1. The van der Waals surface area contributed by atoms with Crippen molar-refractivity contribution >= 4 is 46.7 Å². The molecule has 0 saturated carbocycles. The SMILES string of the molecule is CCc1ccccc1N1CSC1=N.N=Cc1ccc(C(N)=NC=Nc2ccc(OC(F)(F)F)cc2)cc1. The summed E-state index contributed by atoms with van der Waals surface area (Å²) in [7, 11) is 0. The average molecular weight is 527 g/mol. The van der Waals surface area contributed by atoms with Gasteiger partial charge < -0.3 is 20.8 Å². The number of halogens is 3. The van der Waals surface area contributed by atoms with Crippen molar-refractivity contribution in [1.82, 2.24) is 0 Å². The Morgan fingerprint density at radius 2 is 1.76 bits per heavy atom. The quantitative estimate of drug-likeness (QED) is 0.246. The number of hydrogen-bond acceptors (Lipinski definition) is 5. The van der Waals surface area contributed by atoms with Crippen LogP contribution in [0.3, 0.4) is 0 Å². The molecule has 0 amide bonds. The van der Waals surface area contributed by atoms with Gasteiger partial charge in [-0.15, -0.1) is 13.2 Å². The Hall–Kier alpha value is -4.12. The summed E-state index contributed by atoms with van der Waals surface area (Å²) in [5, 5.41) is 15.4. The summed E-state index contributed by atoms with van der Waals surface area (Å²) in [4.78, 5) is 9.98. The van der Waals surface area contributed by atoms with E-state index in [9.17, 15) is 13.2 Å². The maximum Gasteiger partial charge on any atom is 0.573 e. The predicted molar refractivity (Wildman–Crippen MR) is 145 cm³/mol. The van der Waals surface area contributed by atoms with Crippen molar-refractivity contribution in [3.63, 3.8) is 0 Å². The molecule has 0 atom stereocenters. The van der Waals surface area contributed by atoms with Crippen LogP contribution in [0.4, 0.5) is 24.5 Å². The number of aliphatic imine (C=N–C) groups is 2. The molecular formula is C26H25F3N6OS. The number of nitrogens with one attached hydrogen (secondary N) is 2. The minimum Gasteiger partial charge on any atom is -0.406 e. The van der Waals surface area contributed by atoms with Crippen molar-refractivity contribution < 1.29 is 17.9 Å². The Morgan fingerprint density at radius 3 is 2.30 bits per heavy atom. The molecule has 0 unspecified atom stereocenters. The number of amidine groups is 2. The van der Waals surface area contributed by atoms with Crippen LogP contribution in [0.5, 0.6) is 5.75 Å². The molecule has 4 rings (SSSR count). The molecule has 0 spiro atoms. The van der Waals surface area contributed by atoms with Gasteiger partial charge in [0.1, 0.15) is 17.9 Å². The van der Waals surface area contributed by atoms with Gasteiger partial charge in [-0.05, 0) is 47.9 Å². The lowest BCUT2D eigenvalue weighted by Crippen LogP contribution is -2.38. The molecule has 0 radical (unpaired) electrons. The van der Waals surface area contributed by atoms with Crippen molar-refractivity contribution in [1.29, 1.82) is 10.8 Å². The summed E-state index contributed by atoms with van der Waals surface area (Å²) in [6, 6.07) is 20.2. The lowest BCUT2D eigenvalue weighted by atomic mass is 10.1. The van der Waals surface area contributed by atoms with Gasteiger partial charge in [0, 0.05) is 17.5 Å². The second-order valence-corrected chi connectivity index (χ2v) is 8.49. The molecule has 0 aliphatic carbocycles. The van der Waals surface area contributed by atoms with Crippen LogP contribution < -0.4 is 15.4 Å². The molecule has 7 nitrogen and oxygen atoms in total. The molecule has 1 fully saturated rings. The van der Waals surface area contributed by atoms with Crippen LogP contribution in [0.1, 0.15) is 23.6 Å². The highest BCUT2D eigenvalue weighted by atomic mass is 32.2. The summed E-state index contributed by atoms with van der Waals surface area (Å²) in [5.41, 5.74) is 10.1. The second-order valence-electron chi connectivity index (χ2n) is 7.56. The van der Waals surface area contributed by atoms with E-state index < -0.39 is 6.36 Å². The van der Waals surface area contributed by atoms with E-state index in [1.54, 1.807) is 36.0 Å². The van der Waals surface area contributed by atoms with E-state index in [4.69, 9.17) is 16.6 Å². The first kappa shape index (κ1) is 27.5. The van der Waals surface area contributed by atoms with Crippen LogP contribution in [-0.2, 0) is 6.42 Å². The van der Waals surface area contributed by atoms with Gasteiger partial charge in [0.2, 0.25) is 0 Å². The first-order chi connectivity index (χ1) is 17.7. The standard InChI is InChI=1S/C16H13F3N4O.C10H12N2S/c17-16(18,19)24-14-7-5-13(6-8-14)22-10-23-15(21)12-3-1-11(9-20)2-4-12;1-2-8-5-3-4-6-9(8)12-7-13-10(12)11/h1-10,20H,(H2,21,22,23);3-6,11H,2,7H2,1H3. The lowest BCUT2D eigenvalue weighted by molar-refractivity contribution is -0.274. The molecule has 3 aromatic carbocycles. The maximum absolute atomic E-state index is 12.0. The van der Waals surface area contributed by atoms with Crippen LogP contribution in [-0.4, -0.2) is 35.8 Å². The van der Waals surface area contributed by atoms with E-state index in [1.807, 2.05) is 11.0 Å². The molecule has 3 aromatic rings. The fraction of sp³-hybridized carbons (Fsp3) is 0.154. The fourth-order valence-electron chi connectivity index (χ4n) is 3.16. The molecule has 4 N–H and O–H groups in total. The maximum atomic E-state index is 12.0. The Kier molecular flexibility index (Phi) is 9.45. The summed E-state index contributed by atoms with van der Waals surface area (Å²) >= 11 is 1.59. The van der Waals surface area contributed by atoms with Gasteiger partial charge in [-0.1, -0.05) is 61.2 Å². The number of aryl methyl sites for hydroxylation is 1. The minimum atomic E-state index is -4.73. The second kappa shape index (κ2) is 12.7. The number of ether oxygens (including phenoxy) is 1. The number of thioether (sulfide) groups is 1. The average Bonchev–Trinajstić information content (AvgIpc) is 2.88. The van der Waals surface area contributed by atoms with Crippen LogP contribution in [0.2, 0.25) is 0 Å². The van der Waals surface area contributed by atoms with E-state index in [2.05, 4.69) is 39.8 Å². The number of nitrogens with zero attached hydrogens (tertiary/aromatic N) is 3. The monoisotopic (exact) mass is 526 g/mol. The smallest absolute Gasteiger partial charge is 0.406 e. The molecule has 37 heavy (non-hydrogen) atoms. The molecule has 0 aromatic heterocycles. The lowest BCUT2D eigenvalue weighted by Gasteiger charge is -2.33. The third-order valence-corrected chi connectivity index (χ3v) is 5.97. The van der Waals surface area contributed by atoms with Gasteiger partial charge in [-0.2, -0.15) is 0 Å². The zero-order valence-electron chi connectivity index (χ0n) is 19.9. The molecule has 1 heterocycles. The van der Waals surface area contributed by atoms with Crippen molar-refractivity contribution in [3.8, 4) is 5.75 Å². The predicted octanol–water partition coefficient (Wildman–Crippen LogP) is 6.34. The molecule has 1 aliphatic heterocycles. The number of anilines is 1. The van der Waals surface area contributed by atoms with Crippen molar-refractivity contribution in [3.05, 3.63) is 89.5 Å². The van der Waals surface area contributed by atoms with Crippen molar-refractivity contribution in [2.24, 2.45) is 15.7 Å². The summed E-state index contributed by atoms with van der Waals surface area (Å²) < 4.78 is 39.9. The Bertz CT molecular complexity index is 1270. The van der Waals surface area contributed by atoms with Crippen molar-refractivity contribution in [2.45, 2.75) is 19.7 Å². The highest BCUT2D eigenvalue weighted by molar-refractivity contribution is 8.16. The summed E-state index contributed by atoms with van der Waals surface area (Å²) in [5.74, 6) is 0.832. The van der Waals surface area contributed by atoms with E-state index in [1.165, 1.54) is 35.9 Å². The first-order valence-electron chi connectivity index (χ1n) is 11.1. The van der Waals surface area contributed by atoms with Crippen LogP contribution in [0.25, 0.3) is 0 Å².